The maximum absolute atomic E-state index is 3.81. The zero-order valence-electron chi connectivity index (χ0n) is 10.7. The Hall–Kier alpha value is -0.860. The van der Waals surface area contributed by atoms with Crippen LogP contribution in [0, 0.1) is 11.8 Å². The SMILES string of the molecule is C=C/C=C\CCC(CNNC)C(C)CC=C. The molecule has 2 atom stereocenters. The average molecular weight is 222 g/mol. The van der Waals surface area contributed by atoms with Gasteiger partial charge in [-0.2, -0.15) is 0 Å². The predicted molar refractivity (Wildman–Crippen MR) is 73.1 cm³/mol. The number of nitrogens with one attached hydrogen (secondary N) is 2. The Balaban J connectivity index is 4.02. The highest BCUT2D eigenvalue weighted by Gasteiger charge is 2.14. The van der Waals surface area contributed by atoms with Crippen LogP contribution in [-0.2, 0) is 0 Å². The fourth-order valence-electron chi connectivity index (χ4n) is 1.78. The maximum atomic E-state index is 3.81. The quantitative estimate of drug-likeness (QED) is 0.337. The molecule has 0 spiro atoms. The molecule has 0 aliphatic carbocycles. The van der Waals surface area contributed by atoms with Crippen LogP contribution in [0.3, 0.4) is 0 Å². The molecule has 2 unspecified atom stereocenters. The molecule has 0 aliphatic rings. The lowest BCUT2D eigenvalue weighted by molar-refractivity contribution is 0.313. The van der Waals surface area contributed by atoms with Gasteiger partial charge in [0.05, 0.1) is 0 Å². The number of rotatable bonds is 10. The summed E-state index contributed by atoms with van der Waals surface area (Å²) in [5.41, 5.74) is 6.19. The van der Waals surface area contributed by atoms with Crippen LogP contribution in [0.15, 0.2) is 37.5 Å². The van der Waals surface area contributed by atoms with E-state index in [-0.39, 0.29) is 0 Å². The van der Waals surface area contributed by atoms with Crippen LogP contribution in [0.4, 0.5) is 0 Å². The van der Waals surface area contributed by atoms with E-state index in [0.29, 0.717) is 11.8 Å². The van der Waals surface area contributed by atoms with Crippen molar-refractivity contribution in [1.82, 2.24) is 10.9 Å². The maximum Gasteiger partial charge on any atom is 0.0131 e. The summed E-state index contributed by atoms with van der Waals surface area (Å²) in [4.78, 5) is 0. The average Bonchev–Trinajstić information content (AvgIpc) is 2.28. The summed E-state index contributed by atoms with van der Waals surface area (Å²) in [5, 5.41) is 0. The molecule has 0 fully saturated rings. The second kappa shape index (κ2) is 10.7. The van der Waals surface area contributed by atoms with E-state index in [1.807, 2.05) is 25.3 Å². The molecule has 92 valence electrons. The Kier molecular flexibility index (Phi) is 10.1. The molecule has 0 radical (unpaired) electrons. The van der Waals surface area contributed by atoms with Gasteiger partial charge in [-0.1, -0.05) is 37.8 Å². The molecule has 0 aromatic heterocycles. The minimum Gasteiger partial charge on any atom is -0.261 e. The van der Waals surface area contributed by atoms with E-state index in [0.717, 1.165) is 19.4 Å². The molecule has 2 heteroatoms. The Labute approximate surface area is 100 Å². The topological polar surface area (TPSA) is 24.1 Å². The lowest BCUT2D eigenvalue weighted by Gasteiger charge is -2.22. The third-order valence-corrected chi connectivity index (χ3v) is 2.86. The van der Waals surface area contributed by atoms with Crippen molar-refractivity contribution in [2.45, 2.75) is 26.2 Å². The summed E-state index contributed by atoms with van der Waals surface area (Å²) in [6, 6.07) is 0. The highest BCUT2D eigenvalue weighted by atomic mass is 15.3. The first-order valence-corrected chi connectivity index (χ1v) is 6.04. The minimum atomic E-state index is 0.676. The Bertz CT molecular complexity index is 209. The molecule has 0 aromatic carbocycles. The third-order valence-electron chi connectivity index (χ3n) is 2.86. The summed E-state index contributed by atoms with van der Waals surface area (Å²) >= 11 is 0. The zero-order valence-corrected chi connectivity index (χ0v) is 10.7. The highest BCUT2D eigenvalue weighted by molar-refractivity contribution is 4.97. The third kappa shape index (κ3) is 7.43. The molecule has 0 saturated carbocycles. The van der Waals surface area contributed by atoms with Gasteiger partial charge in [-0.3, -0.25) is 10.9 Å². The van der Waals surface area contributed by atoms with Gasteiger partial charge in [-0.15, -0.1) is 6.58 Å². The van der Waals surface area contributed by atoms with Gasteiger partial charge in [0.25, 0.3) is 0 Å². The van der Waals surface area contributed by atoms with E-state index in [1.165, 1.54) is 6.42 Å². The van der Waals surface area contributed by atoms with E-state index in [1.54, 1.807) is 0 Å². The first-order valence-electron chi connectivity index (χ1n) is 6.04. The molecule has 0 saturated heterocycles. The van der Waals surface area contributed by atoms with Crippen LogP contribution in [0.1, 0.15) is 26.2 Å². The van der Waals surface area contributed by atoms with Gasteiger partial charge in [-0.05, 0) is 38.1 Å². The van der Waals surface area contributed by atoms with Gasteiger partial charge in [-0.25, -0.2) is 0 Å². The van der Waals surface area contributed by atoms with Crippen molar-refractivity contribution in [3.63, 3.8) is 0 Å². The lowest BCUT2D eigenvalue weighted by Crippen LogP contribution is -2.34. The van der Waals surface area contributed by atoms with Gasteiger partial charge in [0.2, 0.25) is 0 Å². The van der Waals surface area contributed by atoms with Crippen LogP contribution in [-0.4, -0.2) is 13.6 Å². The number of hydrazine groups is 1. The molecule has 2 N–H and O–H groups in total. The first kappa shape index (κ1) is 15.1. The van der Waals surface area contributed by atoms with Gasteiger partial charge >= 0.3 is 0 Å². The summed E-state index contributed by atoms with van der Waals surface area (Å²) in [6.07, 6.45) is 11.4. The molecule has 0 amide bonds. The van der Waals surface area contributed by atoms with Crippen LogP contribution in [0.5, 0.6) is 0 Å². The van der Waals surface area contributed by atoms with Crippen LogP contribution >= 0.6 is 0 Å². The van der Waals surface area contributed by atoms with Crippen molar-refractivity contribution in [1.29, 1.82) is 0 Å². The molecule has 0 aromatic rings. The fourth-order valence-corrected chi connectivity index (χ4v) is 1.78. The van der Waals surface area contributed by atoms with Gasteiger partial charge < -0.3 is 0 Å². The van der Waals surface area contributed by atoms with Crippen LogP contribution in [0.2, 0.25) is 0 Å². The second-order valence-corrected chi connectivity index (χ2v) is 4.13. The van der Waals surface area contributed by atoms with Gasteiger partial charge in [0, 0.05) is 6.54 Å². The second-order valence-electron chi connectivity index (χ2n) is 4.13. The molecular weight excluding hydrogens is 196 g/mol. The minimum absolute atomic E-state index is 0.676. The number of allylic oxidation sites excluding steroid dienone is 4. The fraction of sp³-hybridized carbons (Fsp3) is 0.571. The molecule has 0 rings (SSSR count). The summed E-state index contributed by atoms with van der Waals surface area (Å²) < 4.78 is 0. The van der Waals surface area contributed by atoms with Crippen molar-refractivity contribution in [2.24, 2.45) is 11.8 Å². The molecule has 0 heterocycles. The molecule has 16 heavy (non-hydrogen) atoms. The Morgan fingerprint density at radius 3 is 2.62 bits per heavy atom. The zero-order chi connectivity index (χ0) is 12.2. The van der Waals surface area contributed by atoms with Crippen molar-refractivity contribution >= 4 is 0 Å². The summed E-state index contributed by atoms with van der Waals surface area (Å²) in [7, 11) is 1.91. The van der Waals surface area contributed by atoms with E-state index >= 15 is 0 Å². The van der Waals surface area contributed by atoms with Crippen molar-refractivity contribution in [2.75, 3.05) is 13.6 Å². The van der Waals surface area contributed by atoms with Gasteiger partial charge in [0.1, 0.15) is 0 Å². The number of hydrogen-bond acceptors (Lipinski definition) is 2. The number of hydrogen-bond donors (Lipinski definition) is 2. The molecule has 0 aliphatic heterocycles. The first-order chi connectivity index (χ1) is 7.76. The molecule has 2 nitrogen and oxygen atoms in total. The van der Waals surface area contributed by atoms with E-state index in [2.05, 4.69) is 37.0 Å². The summed E-state index contributed by atoms with van der Waals surface area (Å²) in [6.45, 7) is 10.8. The lowest BCUT2D eigenvalue weighted by atomic mass is 9.87. The predicted octanol–water partition coefficient (Wildman–Crippen LogP) is 3.06. The van der Waals surface area contributed by atoms with Crippen molar-refractivity contribution in [3.8, 4) is 0 Å². The van der Waals surface area contributed by atoms with Gasteiger partial charge in [0.15, 0.2) is 0 Å². The normalized spacial score (nSPS) is 14.9. The molecular formula is C14H26N2. The Morgan fingerprint density at radius 1 is 1.31 bits per heavy atom. The van der Waals surface area contributed by atoms with E-state index in [9.17, 15) is 0 Å². The van der Waals surface area contributed by atoms with E-state index < -0.39 is 0 Å². The highest BCUT2D eigenvalue weighted by Crippen LogP contribution is 2.20. The monoisotopic (exact) mass is 222 g/mol. The smallest absolute Gasteiger partial charge is 0.0131 e. The van der Waals surface area contributed by atoms with Crippen molar-refractivity contribution in [3.05, 3.63) is 37.5 Å². The largest absolute Gasteiger partial charge is 0.261 e. The standard InChI is InChI=1S/C14H26N2/c1-5-7-8-9-11-14(12-16-15-4)13(3)10-6-2/h5-8,13-16H,1-2,9-12H2,3-4H3/b8-7-. The Morgan fingerprint density at radius 2 is 2.06 bits per heavy atom. The van der Waals surface area contributed by atoms with Crippen LogP contribution < -0.4 is 10.9 Å². The van der Waals surface area contributed by atoms with Crippen LogP contribution in [0.25, 0.3) is 0 Å². The van der Waals surface area contributed by atoms with Crippen molar-refractivity contribution < 1.29 is 0 Å². The van der Waals surface area contributed by atoms with E-state index in [4.69, 9.17) is 0 Å². The summed E-state index contributed by atoms with van der Waals surface area (Å²) in [5.74, 6) is 1.36. The molecule has 0 bridgehead atoms.